The van der Waals surface area contributed by atoms with Crippen molar-refractivity contribution in [1.29, 1.82) is 0 Å². The third kappa shape index (κ3) is 18.8. The molecule has 0 aliphatic carbocycles. The van der Waals surface area contributed by atoms with Gasteiger partial charge in [-0.2, -0.15) is 0 Å². The summed E-state index contributed by atoms with van der Waals surface area (Å²) in [6, 6.07) is 0. The van der Waals surface area contributed by atoms with Crippen molar-refractivity contribution in [1.82, 2.24) is 0 Å². The topological polar surface area (TPSA) is 0 Å². The fraction of sp³-hybridized carbons (Fsp3) is 1.00. The normalized spacial score (nSPS) is 9.71. The Labute approximate surface area is 196 Å². The van der Waals surface area contributed by atoms with E-state index in [1.54, 1.807) is 0 Å². The zero-order chi connectivity index (χ0) is 13.0. The molecule has 0 amide bonds. The Kier molecular flexibility index (Phi) is 41.4. The maximum Gasteiger partial charge on any atom is 2.00 e. The molecule has 0 radical (unpaired) electrons. The molecule has 5 heteroatoms. The molecular formula is C16H36Br3CaN. The van der Waals surface area contributed by atoms with Gasteiger partial charge < -0.3 is 55.4 Å². The van der Waals surface area contributed by atoms with Crippen LogP contribution in [0.3, 0.4) is 0 Å². The number of hydrogen-bond donors (Lipinski definition) is 0. The van der Waals surface area contributed by atoms with Gasteiger partial charge in [-0.1, -0.05) is 53.4 Å². The maximum absolute atomic E-state index is 2.33. The van der Waals surface area contributed by atoms with Crippen LogP contribution in [0.5, 0.6) is 0 Å². The minimum atomic E-state index is 0. The molecule has 0 aromatic rings. The molecule has 0 fully saturated rings. The van der Waals surface area contributed by atoms with E-state index < -0.39 is 0 Å². The van der Waals surface area contributed by atoms with Crippen LogP contribution in [0.4, 0.5) is 0 Å². The standard InChI is InChI=1S/C16H36N.3BrH.Ca/c1-5-9-13-17(14-10-6-2,15-11-7-3)16-12-8-4;;;;/h5-16H2,1-4H3;3*1H;/q+1;;;;+2/p-3. The third-order valence-corrected chi connectivity index (χ3v) is 3.94. The van der Waals surface area contributed by atoms with Crippen LogP contribution in [-0.2, 0) is 0 Å². The van der Waals surface area contributed by atoms with Gasteiger partial charge in [0.2, 0.25) is 0 Å². The summed E-state index contributed by atoms with van der Waals surface area (Å²) in [4.78, 5) is 0. The van der Waals surface area contributed by atoms with Crippen molar-refractivity contribution in [3.63, 3.8) is 0 Å². The molecule has 0 aliphatic rings. The number of rotatable bonds is 12. The van der Waals surface area contributed by atoms with Crippen LogP contribution in [0.25, 0.3) is 0 Å². The van der Waals surface area contributed by atoms with E-state index in [0.717, 1.165) is 0 Å². The first kappa shape index (κ1) is 34.9. The molecule has 0 saturated carbocycles. The Balaban J connectivity index is -0.000000213. The van der Waals surface area contributed by atoms with Crippen LogP contribution in [0.15, 0.2) is 0 Å². The van der Waals surface area contributed by atoms with Crippen LogP contribution in [0, 0.1) is 0 Å². The molecule has 0 aromatic heterocycles. The fourth-order valence-electron chi connectivity index (χ4n) is 2.64. The molecule has 0 N–H and O–H groups in total. The van der Waals surface area contributed by atoms with Crippen LogP contribution >= 0.6 is 0 Å². The van der Waals surface area contributed by atoms with E-state index in [2.05, 4.69) is 27.7 Å². The van der Waals surface area contributed by atoms with Crippen molar-refractivity contribution in [2.24, 2.45) is 0 Å². The molecule has 0 atom stereocenters. The molecule has 0 rings (SSSR count). The van der Waals surface area contributed by atoms with Crippen LogP contribution in [0.1, 0.15) is 79.1 Å². The van der Waals surface area contributed by atoms with Gasteiger partial charge in [0, 0.05) is 0 Å². The Hall–Kier alpha value is 2.66. The molecule has 128 valence electrons. The second kappa shape index (κ2) is 24.9. The Bertz CT molecular complexity index is 134. The second-order valence-electron chi connectivity index (χ2n) is 5.65. The first-order chi connectivity index (χ1) is 8.24. The SMILES string of the molecule is CCCC[N+](CCCC)(CCCC)CCCC.[Br-].[Br-].[Br-].[Ca+2]. The number of unbranched alkanes of at least 4 members (excludes halogenated alkanes) is 4. The van der Waals surface area contributed by atoms with E-state index in [9.17, 15) is 0 Å². The van der Waals surface area contributed by atoms with Crippen molar-refractivity contribution < 1.29 is 55.4 Å². The predicted molar refractivity (Wildman–Crippen MR) is 85.1 cm³/mol. The summed E-state index contributed by atoms with van der Waals surface area (Å²) in [6.07, 6.45) is 11.1. The summed E-state index contributed by atoms with van der Waals surface area (Å²) in [6.45, 7) is 15.0. The monoisotopic (exact) mass is 519 g/mol. The molecule has 0 spiro atoms. The Morgan fingerprint density at radius 2 is 0.667 bits per heavy atom. The molecule has 0 aromatic carbocycles. The zero-order valence-electron chi connectivity index (χ0n) is 14.8. The van der Waals surface area contributed by atoms with Crippen molar-refractivity contribution >= 4 is 37.7 Å². The quantitative estimate of drug-likeness (QED) is 0.180. The first-order valence-corrected chi connectivity index (χ1v) is 8.09. The summed E-state index contributed by atoms with van der Waals surface area (Å²) in [5, 5.41) is 0. The smallest absolute Gasteiger partial charge is 1.00 e. The van der Waals surface area contributed by atoms with Gasteiger partial charge in [0.15, 0.2) is 0 Å². The van der Waals surface area contributed by atoms with Gasteiger partial charge in [-0.3, -0.25) is 0 Å². The molecule has 0 unspecified atom stereocenters. The van der Waals surface area contributed by atoms with Gasteiger partial charge in [-0.15, -0.1) is 0 Å². The van der Waals surface area contributed by atoms with Gasteiger partial charge in [0.1, 0.15) is 0 Å². The Morgan fingerprint density at radius 3 is 0.810 bits per heavy atom. The van der Waals surface area contributed by atoms with Crippen molar-refractivity contribution in [2.45, 2.75) is 79.1 Å². The summed E-state index contributed by atoms with van der Waals surface area (Å²) in [5.41, 5.74) is 0. The van der Waals surface area contributed by atoms with Crippen LogP contribution < -0.4 is 50.9 Å². The van der Waals surface area contributed by atoms with E-state index in [-0.39, 0.29) is 88.7 Å². The number of quaternary nitrogens is 1. The van der Waals surface area contributed by atoms with Crippen molar-refractivity contribution in [2.75, 3.05) is 26.2 Å². The van der Waals surface area contributed by atoms with E-state index in [0.29, 0.717) is 0 Å². The van der Waals surface area contributed by atoms with E-state index >= 15 is 0 Å². The minimum Gasteiger partial charge on any atom is -1.00 e. The van der Waals surface area contributed by atoms with Crippen molar-refractivity contribution in [3.8, 4) is 0 Å². The second-order valence-corrected chi connectivity index (χ2v) is 5.65. The van der Waals surface area contributed by atoms with Gasteiger partial charge in [0.25, 0.3) is 0 Å². The van der Waals surface area contributed by atoms with Crippen LogP contribution in [-0.4, -0.2) is 68.4 Å². The molecular weight excluding hydrogens is 486 g/mol. The molecule has 0 aliphatic heterocycles. The molecule has 0 bridgehead atoms. The zero-order valence-corrected chi connectivity index (χ0v) is 21.7. The van der Waals surface area contributed by atoms with Gasteiger partial charge in [-0.25, -0.2) is 0 Å². The fourth-order valence-corrected chi connectivity index (χ4v) is 2.64. The average molecular weight is 522 g/mol. The summed E-state index contributed by atoms with van der Waals surface area (Å²) >= 11 is 0. The van der Waals surface area contributed by atoms with Gasteiger partial charge in [0.05, 0.1) is 26.2 Å². The average Bonchev–Trinajstić information content (AvgIpc) is 2.37. The van der Waals surface area contributed by atoms with Crippen molar-refractivity contribution in [3.05, 3.63) is 0 Å². The van der Waals surface area contributed by atoms with E-state index in [1.807, 2.05) is 0 Å². The number of nitrogens with zero attached hydrogens (tertiary/aromatic N) is 1. The summed E-state index contributed by atoms with van der Waals surface area (Å²) in [5.74, 6) is 0. The minimum absolute atomic E-state index is 0. The molecule has 0 saturated heterocycles. The summed E-state index contributed by atoms with van der Waals surface area (Å²) < 4.78 is 1.42. The molecule has 1 nitrogen and oxygen atoms in total. The van der Waals surface area contributed by atoms with E-state index in [4.69, 9.17) is 0 Å². The number of halogens is 3. The largest absolute Gasteiger partial charge is 2.00 e. The van der Waals surface area contributed by atoms with E-state index in [1.165, 1.54) is 82.0 Å². The summed E-state index contributed by atoms with van der Waals surface area (Å²) in [7, 11) is 0. The van der Waals surface area contributed by atoms with Crippen LogP contribution in [0.2, 0.25) is 0 Å². The molecule has 0 heterocycles. The van der Waals surface area contributed by atoms with Gasteiger partial charge >= 0.3 is 37.7 Å². The van der Waals surface area contributed by atoms with Gasteiger partial charge in [-0.05, 0) is 25.7 Å². The Morgan fingerprint density at radius 1 is 0.476 bits per heavy atom. The third-order valence-electron chi connectivity index (χ3n) is 3.94. The first-order valence-electron chi connectivity index (χ1n) is 8.09. The predicted octanol–water partition coefficient (Wildman–Crippen LogP) is -4.37. The molecule has 21 heavy (non-hydrogen) atoms. The maximum atomic E-state index is 2.33. The number of hydrogen-bond acceptors (Lipinski definition) is 0.